The van der Waals surface area contributed by atoms with Gasteiger partial charge in [-0.05, 0) is 38.5 Å². The van der Waals surface area contributed by atoms with Gasteiger partial charge in [-0.15, -0.1) is 0 Å². The molecule has 22 heavy (non-hydrogen) atoms. The van der Waals surface area contributed by atoms with Crippen LogP contribution in [-0.4, -0.2) is 50.2 Å². The van der Waals surface area contributed by atoms with E-state index in [-0.39, 0.29) is 5.41 Å². The van der Waals surface area contributed by atoms with Gasteiger partial charge in [0.15, 0.2) is 0 Å². The molecule has 0 spiro atoms. The normalized spacial score (nSPS) is 26.1. The van der Waals surface area contributed by atoms with E-state index in [9.17, 15) is 4.79 Å². The highest BCUT2D eigenvalue weighted by Crippen LogP contribution is 2.34. The number of amides is 1. The molecule has 1 saturated heterocycles. The van der Waals surface area contributed by atoms with E-state index in [1.54, 1.807) is 7.11 Å². The Morgan fingerprint density at radius 1 is 1.14 bits per heavy atom. The van der Waals surface area contributed by atoms with E-state index >= 15 is 0 Å². The van der Waals surface area contributed by atoms with Gasteiger partial charge in [-0.25, -0.2) is 0 Å². The standard InChI is InChI=1S/C18H32N2O2/c1-22-14-18(13-19-16-7-8-16)9-11-20(12-10-18)17(21)15-5-3-2-4-6-15/h15-16,19H,2-14H2,1H3. The van der Waals surface area contributed by atoms with Gasteiger partial charge in [-0.1, -0.05) is 19.3 Å². The molecule has 0 aromatic rings. The fourth-order valence-electron chi connectivity index (χ4n) is 4.14. The Hall–Kier alpha value is -0.610. The van der Waals surface area contributed by atoms with Gasteiger partial charge in [-0.3, -0.25) is 4.79 Å². The summed E-state index contributed by atoms with van der Waals surface area (Å²) in [6, 6.07) is 0.746. The maximum atomic E-state index is 12.7. The summed E-state index contributed by atoms with van der Waals surface area (Å²) in [7, 11) is 1.80. The fourth-order valence-corrected chi connectivity index (χ4v) is 4.14. The number of nitrogens with zero attached hydrogens (tertiary/aromatic N) is 1. The lowest BCUT2D eigenvalue weighted by atomic mass is 9.78. The zero-order valence-corrected chi connectivity index (χ0v) is 14.1. The molecule has 0 aromatic heterocycles. The SMILES string of the molecule is COCC1(CNC2CC2)CCN(C(=O)C2CCCCC2)CC1. The number of nitrogens with one attached hydrogen (secondary N) is 1. The maximum absolute atomic E-state index is 12.7. The Balaban J connectivity index is 1.51. The summed E-state index contributed by atoms with van der Waals surface area (Å²) >= 11 is 0. The summed E-state index contributed by atoms with van der Waals surface area (Å²) in [6.07, 6.45) is 10.8. The third kappa shape index (κ3) is 4.02. The first-order valence-electron chi connectivity index (χ1n) is 9.24. The zero-order valence-electron chi connectivity index (χ0n) is 14.1. The van der Waals surface area contributed by atoms with E-state index in [2.05, 4.69) is 10.2 Å². The van der Waals surface area contributed by atoms with Gasteiger partial charge < -0.3 is 15.0 Å². The first-order valence-corrected chi connectivity index (χ1v) is 9.24. The molecular weight excluding hydrogens is 276 g/mol. The van der Waals surface area contributed by atoms with Gasteiger partial charge in [0.2, 0.25) is 5.91 Å². The number of methoxy groups -OCH3 is 1. The predicted molar refractivity (Wildman–Crippen MR) is 87.7 cm³/mol. The van der Waals surface area contributed by atoms with Crippen LogP contribution in [-0.2, 0) is 9.53 Å². The minimum atomic E-state index is 0.237. The second-order valence-corrected chi connectivity index (χ2v) is 7.75. The number of rotatable bonds is 6. The van der Waals surface area contributed by atoms with Crippen molar-refractivity contribution in [2.45, 2.75) is 63.8 Å². The van der Waals surface area contributed by atoms with Crippen molar-refractivity contribution < 1.29 is 9.53 Å². The Kier molecular flexibility index (Phi) is 5.40. The summed E-state index contributed by atoms with van der Waals surface area (Å²) in [5, 5.41) is 3.68. The van der Waals surface area contributed by atoms with Crippen LogP contribution in [0.2, 0.25) is 0 Å². The lowest BCUT2D eigenvalue weighted by Crippen LogP contribution is -2.50. The summed E-state index contributed by atoms with van der Waals surface area (Å²) in [5.74, 6) is 0.745. The molecule has 2 saturated carbocycles. The first-order chi connectivity index (χ1) is 10.7. The Morgan fingerprint density at radius 3 is 2.41 bits per heavy atom. The van der Waals surface area contributed by atoms with Crippen molar-refractivity contribution in [3.8, 4) is 0 Å². The lowest BCUT2D eigenvalue weighted by molar-refractivity contribution is -0.139. The smallest absolute Gasteiger partial charge is 0.225 e. The van der Waals surface area contributed by atoms with Crippen LogP contribution in [0.4, 0.5) is 0 Å². The Labute approximate surface area is 135 Å². The molecule has 0 atom stereocenters. The molecule has 2 aliphatic carbocycles. The topological polar surface area (TPSA) is 41.6 Å². The lowest BCUT2D eigenvalue weighted by Gasteiger charge is -2.43. The fraction of sp³-hybridized carbons (Fsp3) is 0.944. The number of carbonyl (C=O) groups excluding carboxylic acids is 1. The highest BCUT2D eigenvalue weighted by Gasteiger charge is 2.38. The molecule has 3 fully saturated rings. The summed E-state index contributed by atoms with van der Waals surface area (Å²) in [4.78, 5) is 14.8. The van der Waals surface area contributed by atoms with Crippen LogP contribution in [0, 0.1) is 11.3 Å². The number of hydrogen-bond acceptors (Lipinski definition) is 3. The van der Waals surface area contributed by atoms with E-state index in [4.69, 9.17) is 4.74 Å². The molecule has 4 nitrogen and oxygen atoms in total. The Bertz CT molecular complexity index is 367. The molecule has 0 radical (unpaired) electrons. The Morgan fingerprint density at radius 2 is 1.82 bits per heavy atom. The first kappa shape index (κ1) is 16.3. The van der Waals surface area contributed by atoms with Crippen LogP contribution in [0.3, 0.4) is 0 Å². The van der Waals surface area contributed by atoms with E-state index in [0.29, 0.717) is 11.8 Å². The average Bonchev–Trinajstić information content (AvgIpc) is 3.39. The molecule has 0 aromatic carbocycles. The highest BCUT2D eigenvalue weighted by atomic mass is 16.5. The molecule has 1 amide bonds. The van der Waals surface area contributed by atoms with Crippen molar-refractivity contribution in [2.75, 3.05) is 33.4 Å². The maximum Gasteiger partial charge on any atom is 0.225 e. The number of ether oxygens (including phenoxy) is 1. The van der Waals surface area contributed by atoms with Gasteiger partial charge in [0.25, 0.3) is 0 Å². The monoisotopic (exact) mass is 308 g/mol. The molecule has 4 heteroatoms. The van der Waals surface area contributed by atoms with Crippen LogP contribution in [0.15, 0.2) is 0 Å². The number of carbonyl (C=O) groups is 1. The summed E-state index contributed by atoms with van der Waals surface area (Å²) in [5.41, 5.74) is 0.237. The molecular formula is C18H32N2O2. The molecule has 3 rings (SSSR count). The zero-order chi connectivity index (χ0) is 15.4. The van der Waals surface area contributed by atoms with E-state index in [0.717, 1.165) is 58.0 Å². The third-order valence-electron chi connectivity index (χ3n) is 5.88. The van der Waals surface area contributed by atoms with Crippen molar-refractivity contribution in [3.05, 3.63) is 0 Å². The van der Waals surface area contributed by atoms with Crippen molar-refractivity contribution in [1.29, 1.82) is 0 Å². The van der Waals surface area contributed by atoms with E-state index in [1.165, 1.54) is 32.1 Å². The molecule has 126 valence electrons. The van der Waals surface area contributed by atoms with Gasteiger partial charge in [0, 0.05) is 44.1 Å². The number of hydrogen-bond donors (Lipinski definition) is 1. The number of likely N-dealkylation sites (tertiary alicyclic amines) is 1. The van der Waals surface area contributed by atoms with Crippen LogP contribution >= 0.6 is 0 Å². The van der Waals surface area contributed by atoms with Gasteiger partial charge in [-0.2, -0.15) is 0 Å². The third-order valence-corrected chi connectivity index (χ3v) is 5.88. The van der Waals surface area contributed by atoms with Crippen LogP contribution in [0.5, 0.6) is 0 Å². The van der Waals surface area contributed by atoms with Gasteiger partial charge >= 0.3 is 0 Å². The minimum Gasteiger partial charge on any atom is -0.384 e. The van der Waals surface area contributed by atoms with Crippen molar-refractivity contribution in [3.63, 3.8) is 0 Å². The van der Waals surface area contributed by atoms with Crippen LogP contribution in [0.1, 0.15) is 57.8 Å². The average molecular weight is 308 g/mol. The molecule has 0 unspecified atom stereocenters. The van der Waals surface area contributed by atoms with Crippen molar-refractivity contribution in [2.24, 2.45) is 11.3 Å². The van der Waals surface area contributed by atoms with Crippen molar-refractivity contribution in [1.82, 2.24) is 10.2 Å². The van der Waals surface area contributed by atoms with E-state index in [1.807, 2.05) is 0 Å². The second-order valence-electron chi connectivity index (χ2n) is 7.75. The van der Waals surface area contributed by atoms with E-state index < -0.39 is 0 Å². The molecule has 0 bridgehead atoms. The molecule has 1 N–H and O–H groups in total. The summed E-state index contributed by atoms with van der Waals surface area (Å²) < 4.78 is 5.51. The van der Waals surface area contributed by atoms with Crippen molar-refractivity contribution >= 4 is 5.91 Å². The van der Waals surface area contributed by atoms with Crippen LogP contribution in [0.25, 0.3) is 0 Å². The molecule has 1 aliphatic heterocycles. The van der Waals surface area contributed by atoms with Gasteiger partial charge in [0.1, 0.15) is 0 Å². The highest BCUT2D eigenvalue weighted by molar-refractivity contribution is 5.79. The largest absolute Gasteiger partial charge is 0.384 e. The summed E-state index contributed by atoms with van der Waals surface area (Å²) in [6.45, 7) is 3.71. The number of piperidine rings is 1. The molecule has 3 aliphatic rings. The predicted octanol–water partition coefficient (Wildman–Crippen LogP) is 2.57. The second kappa shape index (κ2) is 7.31. The van der Waals surface area contributed by atoms with Gasteiger partial charge in [0.05, 0.1) is 6.61 Å². The molecule has 1 heterocycles. The minimum absolute atomic E-state index is 0.237. The quantitative estimate of drug-likeness (QED) is 0.820. The van der Waals surface area contributed by atoms with Crippen LogP contribution < -0.4 is 5.32 Å².